The van der Waals surface area contributed by atoms with Crippen molar-refractivity contribution in [3.63, 3.8) is 0 Å². The van der Waals surface area contributed by atoms with Crippen LogP contribution in [-0.2, 0) is 14.3 Å². The van der Waals surface area contributed by atoms with Crippen molar-refractivity contribution in [2.24, 2.45) is 0 Å². The van der Waals surface area contributed by atoms with Crippen molar-refractivity contribution < 1.29 is 24.5 Å². The molecule has 0 aromatic rings. The Morgan fingerprint density at radius 1 is 0.422 bits per heavy atom. The van der Waals surface area contributed by atoms with Gasteiger partial charge in [0.25, 0.3) is 0 Å². The molecule has 0 aliphatic heterocycles. The number of aliphatic hydroxyl groups excluding tert-OH is 2. The summed E-state index contributed by atoms with van der Waals surface area (Å²) in [5, 5.41) is 23.1. The van der Waals surface area contributed by atoms with E-state index in [1.807, 2.05) is 6.08 Å². The van der Waals surface area contributed by atoms with E-state index in [1.54, 1.807) is 6.08 Å². The van der Waals surface area contributed by atoms with Crippen molar-refractivity contribution in [1.29, 1.82) is 0 Å². The van der Waals surface area contributed by atoms with Crippen LogP contribution in [0.25, 0.3) is 0 Å². The van der Waals surface area contributed by atoms with E-state index < -0.39 is 12.1 Å². The number of nitrogens with one attached hydrogen (secondary N) is 1. The second-order valence-corrected chi connectivity index (χ2v) is 20.0. The third-order valence-corrected chi connectivity index (χ3v) is 13.6. The highest BCUT2D eigenvalue weighted by Crippen LogP contribution is 2.17. The van der Waals surface area contributed by atoms with Gasteiger partial charge in [-0.05, 0) is 32.1 Å². The molecule has 2 atom stereocenters. The van der Waals surface area contributed by atoms with Crippen LogP contribution in [0.15, 0.2) is 12.2 Å². The average Bonchev–Trinajstić information content (AvgIpc) is 3.29. The molecule has 0 fully saturated rings. The maximum Gasteiger partial charge on any atom is 0.305 e. The lowest BCUT2D eigenvalue weighted by Crippen LogP contribution is -2.45. The van der Waals surface area contributed by atoms with Gasteiger partial charge >= 0.3 is 5.97 Å². The smallest absolute Gasteiger partial charge is 0.305 e. The zero-order valence-electron chi connectivity index (χ0n) is 43.3. The number of carbonyl (C=O) groups excluding carboxylic acids is 2. The molecule has 3 N–H and O–H groups in total. The first kappa shape index (κ1) is 62.6. The highest BCUT2D eigenvalue weighted by Gasteiger charge is 2.18. The van der Waals surface area contributed by atoms with Crippen molar-refractivity contribution in [2.45, 2.75) is 334 Å². The van der Waals surface area contributed by atoms with Gasteiger partial charge in [-0.3, -0.25) is 9.59 Å². The predicted molar refractivity (Wildman–Crippen MR) is 278 cm³/mol. The Balaban J connectivity index is 3.41. The standard InChI is InChI=1S/C58H113NO5/c1-3-5-7-9-11-13-15-17-23-28-32-36-40-44-48-52-58(63)64-53-49-45-41-37-33-29-25-22-20-19-21-24-27-31-35-39-43-47-51-57(62)59-55(54-60)56(61)50-46-42-38-34-30-26-18-16-14-12-10-8-6-4-2/h46,50,55-56,60-61H,3-45,47-49,51-54H2,1-2H3,(H,59,62)/b50-46+. The first-order valence-corrected chi connectivity index (χ1v) is 29.0. The summed E-state index contributed by atoms with van der Waals surface area (Å²) < 4.78 is 5.48. The molecule has 1 amide bonds. The lowest BCUT2D eigenvalue weighted by atomic mass is 10.0. The summed E-state index contributed by atoms with van der Waals surface area (Å²) in [7, 11) is 0. The number of rotatable bonds is 54. The molecule has 0 saturated heterocycles. The molecule has 6 nitrogen and oxygen atoms in total. The lowest BCUT2D eigenvalue weighted by molar-refractivity contribution is -0.143. The fourth-order valence-corrected chi connectivity index (χ4v) is 9.11. The van der Waals surface area contributed by atoms with Crippen LogP contribution in [0, 0.1) is 0 Å². The summed E-state index contributed by atoms with van der Waals surface area (Å²) >= 11 is 0. The summed E-state index contributed by atoms with van der Waals surface area (Å²) in [6, 6.07) is -0.629. The molecule has 380 valence electrons. The van der Waals surface area contributed by atoms with Gasteiger partial charge in [0.2, 0.25) is 5.91 Å². The van der Waals surface area contributed by atoms with Crippen LogP contribution >= 0.6 is 0 Å². The zero-order chi connectivity index (χ0) is 46.5. The molecule has 64 heavy (non-hydrogen) atoms. The van der Waals surface area contributed by atoms with E-state index in [0.717, 1.165) is 38.5 Å². The number of carbonyl (C=O) groups is 2. The van der Waals surface area contributed by atoms with Crippen LogP contribution in [0.2, 0.25) is 0 Å². The van der Waals surface area contributed by atoms with Crippen LogP contribution in [0.4, 0.5) is 0 Å². The number of hydrogen-bond acceptors (Lipinski definition) is 5. The van der Waals surface area contributed by atoms with E-state index in [9.17, 15) is 19.8 Å². The van der Waals surface area contributed by atoms with Gasteiger partial charge in [0.1, 0.15) is 0 Å². The maximum absolute atomic E-state index is 12.4. The minimum atomic E-state index is -0.845. The summed E-state index contributed by atoms with van der Waals surface area (Å²) in [5.74, 6) is -0.0606. The average molecular weight is 905 g/mol. The first-order valence-electron chi connectivity index (χ1n) is 29.0. The van der Waals surface area contributed by atoms with Crippen molar-refractivity contribution in [1.82, 2.24) is 5.32 Å². The Kier molecular flexibility index (Phi) is 53.0. The lowest BCUT2D eigenvalue weighted by Gasteiger charge is -2.20. The topological polar surface area (TPSA) is 95.9 Å². The van der Waals surface area contributed by atoms with Gasteiger partial charge in [0.05, 0.1) is 25.4 Å². The first-order chi connectivity index (χ1) is 31.5. The SMILES string of the molecule is CCCCCCCCCCCCCC/C=C/C(O)C(CO)NC(=O)CCCCCCCCCCCCCCCCCCCCOC(=O)CCCCCCCCCCCCCCCCC. The third-order valence-electron chi connectivity index (χ3n) is 13.6. The molecule has 0 aromatic carbocycles. The molecule has 0 aliphatic carbocycles. The van der Waals surface area contributed by atoms with Crippen LogP contribution in [0.3, 0.4) is 0 Å². The number of ether oxygens (including phenoxy) is 1. The monoisotopic (exact) mass is 904 g/mol. The summed E-state index contributed by atoms with van der Waals surface area (Å²) in [4.78, 5) is 24.5. The van der Waals surface area contributed by atoms with E-state index in [1.165, 1.54) is 257 Å². The third kappa shape index (κ3) is 50.0. The van der Waals surface area contributed by atoms with Gasteiger partial charge in [0.15, 0.2) is 0 Å². The highest BCUT2D eigenvalue weighted by atomic mass is 16.5. The van der Waals surface area contributed by atoms with Crippen molar-refractivity contribution >= 4 is 11.9 Å². The van der Waals surface area contributed by atoms with E-state index in [0.29, 0.717) is 19.4 Å². The molecule has 0 heterocycles. The highest BCUT2D eigenvalue weighted by molar-refractivity contribution is 5.76. The second kappa shape index (κ2) is 54.2. The molecule has 0 radical (unpaired) electrons. The van der Waals surface area contributed by atoms with E-state index >= 15 is 0 Å². The maximum atomic E-state index is 12.4. The van der Waals surface area contributed by atoms with Crippen molar-refractivity contribution in [3.8, 4) is 0 Å². The van der Waals surface area contributed by atoms with Crippen LogP contribution < -0.4 is 5.32 Å². The van der Waals surface area contributed by atoms with Crippen LogP contribution in [-0.4, -0.2) is 47.4 Å². The number of amides is 1. The van der Waals surface area contributed by atoms with E-state index in [4.69, 9.17) is 4.74 Å². The van der Waals surface area contributed by atoms with Crippen molar-refractivity contribution in [2.75, 3.05) is 13.2 Å². The normalized spacial score (nSPS) is 12.6. The summed E-state index contributed by atoms with van der Waals surface area (Å²) in [6.45, 7) is 4.91. The Hall–Kier alpha value is -1.40. The minimum absolute atomic E-state index is 0.00979. The number of esters is 1. The number of aliphatic hydroxyl groups is 2. The molecule has 0 aliphatic rings. The quantitative estimate of drug-likeness (QED) is 0.0321. The van der Waals surface area contributed by atoms with Gasteiger partial charge in [-0.2, -0.15) is 0 Å². The van der Waals surface area contributed by atoms with Crippen LogP contribution in [0.5, 0.6) is 0 Å². The van der Waals surface area contributed by atoms with Gasteiger partial charge in [-0.15, -0.1) is 0 Å². The molecule has 6 heteroatoms. The number of unbranched alkanes of at least 4 members (excludes halogenated alkanes) is 43. The van der Waals surface area contributed by atoms with Crippen molar-refractivity contribution in [3.05, 3.63) is 12.2 Å². The zero-order valence-corrected chi connectivity index (χ0v) is 43.3. The summed E-state index contributed by atoms with van der Waals surface area (Å²) in [6.07, 6.45) is 63.7. The second-order valence-electron chi connectivity index (χ2n) is 20.0. The number of allylic oxidation sites excluding steroid dienone is 1. The molecule has 2 unspecified atom stereocenters. The van der Waals surface area contributed by atoms with Gasteiger partial charge in [0, 0.05) is 12.8 Å². The number of hydrogen-bond donors (Lipinski definition) is 3. The van der Waals surface area contributed by atoms with Gasteiger partial charge in [-0.25, -0.2) is 0 Å². The largest absolute Gasteiger partial charge is 0.466 e. The van der Waals surface area contributed by atoms with E-state index in [2.05, 4.69) is 19.2 Å². The Labute approximate surface area is 399 Å². The molecule has 0 aromatic heterocycles. The minimum Gasteiger partial charge on any atom is -0.466 e. The van der Waals surface area contributed by atoms with E-state index in [-0.39, 0.29) is 18.5 Å². The Bertz CT molecular complexity index is 955. The van der Waals surface area contributed by atoms with Gasteiger partial charge < -0.3 is 20.3 Å². The Morgan fingerprint density at radius 3 is 1.06 bits per heavy atom. The van der Waals surface area contributed by atoms with Gasteiger partial charge in [-0.1, -0.05) is 289 Å². The molecule has 0 rings (SSSR count). The molecular formula is C58H113NO5. The summed E-state index contributed by atoms with van der Waals surface area (Å²) in [5.41, 5.74) is 0. The molecule has 0 spiro atoms. The predicted octanol–water partition coefficient (Wildman–Crippen LogP) is 17.7. The molecular weight excluding hydrogens is 791 g/mol. The molecule has 0 saturated carbocycles. The Morgan fingerprint density at radius 2 is 0.719 bits per heavy atom. The fraction of sp³-hybridized carbons (Fsp3) is 0.931. The fourth-order valence-electron chi connectivity index (χ4n) is 9.11. The molecule has 0 bridgehead atoms. The van der Waals surface area contributed by atoms with Crippen LogP contribution in [0.1, 0.15) is 322 Å².